The fourth-order valence-corrected chi connectivity index (χ4v) is 1.88. The minimum Gasteiger partial charge on any atom is -0.304 e. The van der Waals surface area contributed by atoms with E-state index in [9.17, 15) is 0 Å². The van der Waals surface area contributed by atoms with Crippen LogP contribution in [0.15, 0.2) is 23.8 Å². The Morgan fingerprint density at radius 3 is 2.12 bits per heavy atom. The molecule has 0 aromatic heterocycles. The van der Waals surface area contributed by atoms with Crippen LogP contribution in [0.1, 0.15) is 34.6 Å². The van der Waals surface area contributed by atoms with Crippen molar-refractivity contribution in [2.75, 3.05) is 33.2 Å². The minimum absolute atomic E-state index is 0.579. The van der Waals surface area contributed by atoms with Gasteiger partial charge in [-0.25, -0.2) is 0 Å². The van der Waals surface area contributed by atoms with Gasteiger partial charge in [0.25, 0.3) is 0 Å². The van der Waals surface area contributed by atoms with Crippen molar-refractivity contribution in [1.82, 2.24) is 9.80 Å². The standard InChI is InChI=1S/C13H24N2.C2H6/c1-5-6-7-12(2)13(3)15-10-8-14(4)9-11-15;1-2/h5-7,13H,8-11H2,1-4H3;1-2H3/b6-5-,12-7+;. The van der Waals surface area contributed by atoms with Crippen molar-refractivity contribution in [3.63, 3.8) is 0 Å². The van der Waals surface area contributed by atoms with Gasteiger partial charge in [0.1, 0.15) is 0 Å². The SMILES string of the molecule is C/C=C\C=C(/C)C(C)N1CCN(C)CC1.CC. The highest BCUT2D eigenvalue weighted by molar-refractivity contribution is 5.15. The largest absolute Gasteiger partial charge is 0.304 e. The average molecular weight is 238 g/mol. The highest BCUT2D eigenvalue weighted by Gasteiger charge is 2.19. The van der Waals surface area contributed by atoms with E-state index in [0.29, 0.717) is 6.04 Å². The molecule has 1 atom stereocenters. The fraction of sp³-hybridized carbons (Fsp3) is 0.733. The van der Waals surface area contributed by atoms with Gasteiger partial charge in [0.15, 0.2) is 0 Å². The lowest BCUT2D eigenvalue weighted by atomic mass is 10.1. The summed E-state index contributed by atoms with van der Waals surface area (Å²) in [5.74, 6) is 0. The molecule has 1 saturated heterocycles. The van der Waals surface area contributed by atoms with Crippen LogP contribution in [0.5, 0.6) is 0 Å². The Balaban J connectivity index is 0.00000121. The van der Waals surface area contributed by atoms with Crippen LogP contribution in [0, 0.1) is 0 Å². The maximum absolute atomic E-state index is 2.56. The normalized spacial score (nSPS) is 21.2. The second kappa shape index (κ2) is 9.43. The van der Waals surface area contributed by atoms with Crippen LogP contribution in [0.25, 0.3) is 0 Å². The summed E-state index contributed by atoms with van der Waals surface area (Å²) in [6.45, 7) is 15.4. The zero-order valence-corrected chi connectivity index (χ0v) is 12.5. The lowest BCUT2D eigenvalue weighted by molar-refractivity contribution is 0.132. The molecule has 0 spiro atoms. The molecule has 0 aromatic carbocycles. The molecule has 0 saturated carbocycles. The molecule has 1 fully saturated rings. The molecule has 0 aromatic rings. The number of piperazine rings is 1. The third-order valence-electron chi connectivity index (χ3n) is 3.30. The molecule has 2 heteroatoms. The molecule has 1 aliphatic heterocycles. The Hall–Kier alpha value is -0.600. The lowest BCUT2D eigenvalue weighted by Gasteiger charge is -2.36. The van der Waals surface area contributed by atoms with Crippen molar-refractivity contribution in [1.29, 1.82) is 0 Å². The van der Waals surface area contributed by atoms with Crippen LogP contribution in [-0.2, 0) is 0 Å². The number of hydrogen-bond acceptors (Lipinski definition) is 2. The minimum atomic E-state index is 0.579. The van der Waals surface area contributed by atoms with Gasteiger partial charge < -0.3 is 4.90 Å². The first-order valence-corrected chi connectivity index (χ1v) is 6.87. The van der Waals surface area contributed by atoms with E-state index < -0.39 is 0 Å². The molecule has 0 amide bonds. The Morgan fingerprint density at radius 2 is 1.65 bits per heavy atom. The van der Waals surface area contributed by atoms with E-state index in [1.807, 2.05) is 13.8 Å². The highest BCUT2D eigenvalue weighted by atomic mass is 15.3. The smallest absolute Gasteiger partial charge is 0.0280 e. The van der Waals surface area contributed by atoms with E-state index in [1.54, 1.807) is 0 Å². The van der Waals surface area contributed by atoms with E-state index in [1.165, 1.54) is 31.8 Å². The molecule has 1 aliphatic rings. The van der Waals surface area contributed by atoms with Gasteiger partial charge in [-0.1, -0.05) is 37.6 Å². The number of hydrogen-bond donors (Lipinski definition) is 0. The second-order valence-corrected chi connectivity index (χ2v) is 4.45. The van der Waals surface area contributed by atoms with Gasteiger partial charge in [-0.3, -0.25) is 4.90 Å². The zero-order valence-electron chi connectivity index (χ0n) is 12.5. The topological polar surface area (TPSA) is 6.48 Å². The number of rotatable bonds is 3. The van der Waals surface area contributed by atoms with Gasteiger partial charge in [0.2, 0.25) is 0 Å². The van der Waals surface area contributed by atoms with Gasteiger partial charge in [0, 0.05) is 32.2 Å². The summed E-state index contributed by atoms with van der Waals surface area (Å²) in [6.07, 6.45) is 6.44. The van der Waals surface area contributed by atoms with E-state index in [0.717, 1.165) is 0 Å². The summed E-state index contributed by atoms with van der Waals surface area (Å²) in [5, 5.41) is 0. The van der Waals surface area contributed by atoms with Crippen molar-refractivity contribution in [3.05, 3.63) is 23.8 Å². The third-order valence-corrected chi connectivity index (χ3v) is 3.30. The van der Waals surface area contributed by atoms with Gasteiger partial charge in [-0.05, 0) is 27.8 Å². The number of nitrogens with zero attached hydrogens (tertiary/aromatic N) is 2. The van der Waals surface area contributed by atoms with Crippen molar-refractivity contribution >= 4 is 0 Å². The van der Waals surface area contributed by atoms with Gasteiger partial charge >= 0.3 is 0 Å². The summed E-state index contributed by atoms with van der Waals surface area (Å²) < 4.78 is 0. The summed E-state index contributed by atoms with van der Waals surface area (Å²) in [5.41, 5.74) is 1.46. The van der Waals surface area contributed by atoms with E-state index in [4.69, 9.17) is 0 Å². The van der Waals surface area contributed by atoms with Gasteiger partial charge in [-0.15, -0.1) is 0 Å². The Kier molecular flexibility index (Phi) is 9.10. The Morgan fingerprint density at radius 1 is 1.12 bits per heavy atom. The molecule has 0 radical (unpaired) electrons. The van der Waals surface area contributed by atoms with E-state index in [-0.39, 0.29) is 0 Å². The number of allylic oxidation sites excluding steroid dienone is 3. The average Bonchev–Trinajstić information content (AvgIpc) is 2.38. The molecule has 1 unspecified atom stereocenters. The quantitative estimate of drug-likeness (QED) is 0.697. The second-order valence-electron chi connectivity index (χ2n) is 4.45. The first-order chi connectivity index (χ1) is 8.15. The molecule has 1 rings (SSSR count). The molecule has 17 heavy (non-hydrogen) atoms. The Bertz CT molecular complexity index is 235. The van der Waals surface area contributed by atoms with Crippen LogP contribution in [-0.4, -0.2) is 49.1 Å². The molecule has 100 valence electrons. The Labute approximate surface area is 108 Å². The highest BCUT2D eigenvalue weighted by Crippen LogP contribution is 2.12. The molecule has 0 N–H and O–H groups in total. The third kappa shape index (κ3) is 6.04. The summed E-state index contributed by atoms with van der Waals surface area (Å²) >= 11 is 0. The summed E-state index contributed by atoms with van der Waals surface area (Å²) in [7, 11) is 2.20. The predicted octanol–water partition coefficient (Wildman–Crippen LogP) is 3.17. The molecular weight excluding hydrogens is 208 g/mol. The van der Waals surface area contributed by atoms with Gasteiger partial charge in [-0.2, -0.15) is 0 Å². The van der Waals surface area contributed by atoms with Crippen LogP contribution >= 0.6 is 0 Å². The lowest BCUT2D eigenvalue weighted by Crippen LogP contribution is -2.48. The first kappa shape index (κ1) is 16.4. The van der Waals surface area contributed by atoms with E-state index >= 15 is 0 Å². The van der Waals surface area contributed by atoms with Crippen molar-refractivity contribution < 1.29 is 0 Å². The van der Waals surface area contributed by atoms with Crippen LogP contribution in [0.3, 0.4) is 0 Å². The van der Waals surface area contributed by atoms with Gasteiger partial charge in [0.05, 0.1) is 0 Å². The van der Waals surface area contributed by atoms with Crippen molar-refractivity contribution in [2.45, 2.75) is 40.7 Å². The van der Waals surface area contributed by atoms with Crippen molar-refractivity contribution in [3.8, 4) is 0 Å². The maximum Gasteiger partial charge on any atom is 0.0280 e. The summed E-state index contributed by atoms with van der Waals surface area (Å²) in [4.78, 5) is 4.96. The van der Waals surface area contributed by atoms with E-state index in [2.05, 4.69) is 55.8 Å². The molecule has 1 heterocycles. The number of likely N-dealkylation sites (N-methyl/N-ethyl adjacent to an activating group) is 1. The maximum atomic E-state index is 2.56. The van der Waals surface area contributed by atoms with Crippen LogP contribution in [0.2, 0.25) is 0 Å². The van der Waals surface area contributed by atoms with Crippen LogP contribution in [0.4, 0.5) is 0 Å². The zero-order chi connectivity index (χ0) is 13.3. The molecule has 2 nitrogen and oxygen atoms in total. The monoisotopic (exact) mass is 238 g/mol. The molecular formula is C15H30N2. The predicted molar refractivity (Wildman–Crippen MR) is 78.5 cm³/mol. The van der Waals surface area contributed by atoms with Crippen LogP contribution < -0.4 is 0 Å². The first-order valence-electron chi connectivity index (χ1n) is 6.87. The molecule has 0 aliphatic carbocycles. The van der Waals surface area contributed by atoms with Crippen molar-refractivity contribution in [2.24, 2.45) is 0 Å². The summed E-state index contributed by atoms with van der Waals surface area (Å²) in [6, 6.07) is 0.579. The fourth-order valence-electron chi connectivity index (χ4n) is 1.88. The molecule has 0 bridgehead atoms.